The van der Waals surface area contributed by atoms with E-state index in [0.717, 1.165) is 71.6 Å². The molecular weight excluding hydrogens is 472 g/mol. The third-order valence-electron chi connectivity index (χ3n) is 5.73. The Labute approximate surface area is 196 Å². The van der Waals surface area contributed by atoms with Crippen LogP contribution in [0.3, 0.4) is 0 Å². The molecule has 1 fully saturated rings. The molecule has 0 unspecified atom stereocenters. The molecule has 2 bridgehead atoms. The summed E-state index contributed by atoms with van der Waals surface area (Å²) in [5.74, 6) is 2.16. The maximum absolute atomic E-state index is 6.17. The first-order valence-electron chi connectivity index (χ1n) is 11.1. The van der Waals surface area contributed by atoms with Gasteiger partial charge in [-0.2, -0.15) is 0 Å². The summed E-state index contributed by atoms with van der Waals surface area (Å²) < 4.78 is 18.5. The van der Waals surface area contributed by atoms with E-state index in [2.05, 4.69) is 61.4 Å². The van der Waals surface area contributed by atoms with E-state index in [1.165, 1.54) is 5.56 Å². The molecule has 3 aromatic rings. The van der Waals surface area contributed by atoms with E-state index in [1.807, 2.05) is 12.1 Å². The van der Waals surface area contributed by atoms with Crippen molar-refractivity contribution in [2.75, 3.05) is 38.7 Å². The van der Waals surface area contributed by atoms with Crippen LogP contribution in [0.5, 0.6) is 11.5 Å². The Balaban J connectivity index is 1.55. The highest BCUT2D eigenvalue weighted by atomic mass is 79.9. The molecule has 0 saturated carbocycles. The van der Waals surface area contributed by atoms with Crippen molar-refractivity contribution in [1.82, 2.24) is 14.9 Å². The van der Waals surface area contributed by atoms with Crippen LogP contribution in [0, 0.1) is 0 Å². The number of benzene rings is 2. The number of anilines is 2. The second-order valence-corrected chi connectivity index (χ2v) is 9.29. The highest BCUT2D eigenvalue weighted by Gasteiger charge is 2.24. The van der Waals surface area contributed by atoms with E-state index in [4.69, 9.17) is 14.2 Å². The molecule has 2 aromatic carbocycles. The van der Waals surface area contributed by atoms with Crippen molar-refractivity contribution in [1.29, 1.82) is 0 Å². The fraction of sp³-hybridized carbons (Fsp3) is 0.417. The quantitative estimate of drug-likeness (QED) is 0.514. The Kier molecular flexibility index (Phi) is 6.43. The predicted molar refractivity (Wildman–Crippen MR) is 128 cm³/mol. The smallest absolute Gasteiger partial charge is 0.163 e. The average Bonchev–Trinajstić information content (AvgIpc) is 3.61. The number of ether oxygens (including phenoxy) is 3. The van der Waals surface area contributed by atoms with Crippen LogP contribution < -0.4 is 14.8 Å². The summed E-state index contributed by atoms with van der Waals surface area (Å²) in [6.07, 6.45) is 5.00. The molecule has 0 amide bonds. The van der Waals surface area contributed by atoms with Gasteiger partial charge in [0.15, 0.2) is 11.5 Å². The molecule has 1 N–H and O–H groups in total. The van der Waals surface area contributed by atoms with Gasteiger partial charge in [0, 0.05) is 28.2 Å². The van der Waals surface area contributed by atoms with E-state index in [0.29, 0.717) is 19.0 Å². The second-order valence-electron chi connectivity index (χ2n) is 8.38. The number of aromatic nitrogens is 2. The zero-order chi connectivity index (χ0) is 21.9. The topological polar surface area (TPSA) is 72.0 Å². The van der Waals surface area contributed by atoms with E-state index >= 15 is 0 Å². The summed E-state index contributed by atoms with van der Waals surface area (Å²) >= 11 is 3.61. The van der Waals surface area contributed by atoms with Crippen molar-refractivity contribution < 1.29 is 14.2 Å². The Bertz CT molecular complexity index is 1110. The Morgan fingerprint density at radius 1 is 1.19 bits per heavy atom. The molecule has 8 heteroatoms. The minimum absolute atomic E-state index is 0.176. The van der Waals surface area contributed by atoms with E-state index < -0.39 is 0 Å². The molecule has 7 nitrogen and oxygen atoms in total. The van der Waals surface area contributed by atoms with Gasteiger partial charge in [0.1, 0.15) is 24.9 Å². The normalized spacial score (nSPS) is 19.4. The van der Waals surface area contributed by atoms with Crippen molar-refractivity contribution in [3.63, 3.8) is 0 Å². The number of epoxide rings is 1. The van der Waals surface area contributed by atoms with Gasteiger partial charge in [0.05, 0.1) is 18.7 Å². The third-order valence-corrected chi connectivity index (χ3v) is 6.23. The summed E-state index contributed by atoms with van der Waals surface area (Å²) in [6, 6.07) is 10.3. The lowest BCUT2D eigenvalue weighted by atomic mass is 10.1. The maximum atomic E-state index is 6.17. The van der Waals surface area contributed by atoms with Gasteiger partial charge in [-0.05, 0) is 56.6 Å². The van der Waals surface area contributed by atoms with Gasteiger partial charge in [-0.1, -0.05) is 22.0 Å². The van der Waals surface area contributed by atoms with E-state index in [-0.39, 0.29) is 6.10 Å². The van der Waals surface area contributed by atoms with Crippen LogP contribution in [0.15, 0.2) is 41.1 Å². The van der Waals surface area contributed by atoms with Gasteiger partial charge >= 0.3 is 0 Å². The van der Waals surface area contributed by atoms with Crippen LogP contribution in [-0.4, -0.2) is 54.4 Å². The van der Waals surface area contributed by atoms with Crippen LogP contribution in [0.2, 0.25) is 0 Å². The minimum atomic E-state index is 0.176. The lowest BCUT2D eigenvalue weighted by molar-refractivity contribution is 0.238. The predicted octanol–water partition coefficient (Wildman–Crippen LogP) is 4.91. The van der Waals surface area contributed by atoms with Gasteiger partial charge in [0.25, 0.3) is 0 Å². The first-order valence-corrected chi connectivity index (χ1v) is 11.8. The van der Waals surface area contributed by atoms with Crippen molar-refractivity contribution >= 4 is 38.3 Å². The van der Waals surface area contributed by atoms with Crippen LogP contribution in [0.25, 0.3) is 10.9 Å². The Morgan fingerprint density at radius 3 is 2.97 bits per heavy atom. The molecule has 0 spiro atoms. The fourth-order valence-corrected chi connectivity index (χ4v) is 4.24. The summed E-state index contributed by atoms with van der Waals surface area (Å²) in [6.45, 7) is 3.82. The third kappa shape index (κ3) is 5.14. The van der Waals surface area contributed by atoms with Gasteiger partial charge in [-0.15, -0.1) is 0 Å². The molecule has 1 aromatic heterocycles. The van der Waals surface area contributed by atoms with Gasteiger partial charge in [-0.25, -0.2) is 9.97 Å². The van der Waals surface area contributed by atoms with Crippen LogP contribution in [0.4, 0.5) is 11.5 Å². The van der Waals surface area contributed by atoms with Gasteiger partial charge in [-0.3, -0.25) is 0 Å². The zero-order valence-electron chi connectivity index (χ0n) is 18.1. The molecule has 2 aliphatic rings. The molecule has 168 valence electrons. The fourth-order valence-electron chi connectivity index (χ4n) is 3.88. The average molecular weight is 499 g/mol. The van der Waals surface area contributed by atoms with Crippen molar-refractivity contribution in [3.8, 4) is 11.5 Å². The highest BCUT2D eigenvalue weighted by molar-refractivity contribution is 9.10. The molecule has 5 rings (SSSR count). The number of rotatable bonds is 3. The number of nitrogens with one attached hydrogen (secondary N) is 1. The molecule has 1 saturated heterocycles. The molecule has 32 heavy (non-hydrogen) atoms. The van der Waals surface area contributed by atoms with E-state index in [9.17, 15) is 0 Å². The largest absolute Gasteiger partial charge is 0.490 e. The first kappa shape index (κ1) is 21.4. The standard InChI is InChI=1S/C24H27BrN4O3/c1-29-7-3-2-4-8-30-22-10-19-21(11-23(22)32-14-18-13-31-18)26-15-27-24(19)28-20-9-17(25)6-5-16(20)12-29/h5-6,9-11,15,18H,2-4,7-8,12-14H2,1H3,(H,26,27,28)/t18-/m1/s1. The SMILES string of the molecule is CN1CCCCCOc2cc3c(ncnc3cc2OC[C@H]2CO2)Nc2cc(Br)ccc2C1. The minimum Gasteiger partial charge on any atom is -0.490 e. The zero-order valence-corrected chi connectivity index (χ0v) is 19.7. The number of fused-ring (bicyclic) bond motifs is 2. The van der Waals surface area contributed by atoms with E-state index in [1.54, 1.807) is 6.33 Å². The Hall–Kier alpha value is -2.42. The van der Waals surface area contributed by atoms with Crippen LogP contribution >= 0.6 is 15.9 Å². The maximum Gasteiger partial charge on any atom is 0.163 e. The monoisotopic (exact) mass is 498 g/mol. The van der Waals surface area contributed by atoms with Crippen molar-refractivity contribution in [3.05, 3.63) is 46.7 Å². The summed E-state index contributed by atoms with van der Waals surface area (Å²) in [5, 5.41) is 4.44. The summed E-state index contributed by atoms with van der Waals surface area (Å²) in [4.78, 5) is 11.4. The van der Waals surface area contributed by atoms with Gasteiger partial charge in [0.2, 0.25) is 0 Å². The molecule has 0 radical (unpaired) electrons. The molecule has 2 aliphatic heterocycles. The van der Waals surface area contributed by atoms with Crippen molar-refractivity contribution in [2.45, 2.75) is 31.9 Å². The molecule has 0 aliphatic carbocycles. The number of hydrogen-bond acceptors (Lipinski definition) is 7. The number of nitrogens with zero attached hydrogens (tertiary/aromatic N) is 3. The van der Waals surface area contributed by atoms with Crippen LogP contribution in [0.1, 0.15) is 24.8 Å². The van der Waals surface area contributed by atoms with Crippen molar-refractivity contribution in [2.24, 2.45) is 0 Å². The number of halogens is 1. The summed E-state index contributed by atoms with van der Waals surface area (Å²) in [7, 11) is 2.17. The highest BCUT2D eigenvalue weighted by Crippen LogP contribution is 2.36. The molecular formula is C24H27BrN4O3. The number of hydrogen-bond donors (Lipinski definition) is 1. The van der Waals surface area contributed by atoms with Crippen LogP contribution in [-0.2, 0) is 11.3 Å². The van der Waals surface area contributed by atoms with Gasteiger partial charge < -0.3 is 24.4 Å². The summed E-state index contributed by atoms with van der Waals surface area (Å²) in [5.41, 5.74) is 3.05. The molecule has 3 heterocycles. The Morgan fingerprint density at radius 2 is 2.09 bits per heavy atom. The first-order chi connectivity index (χ1) is 15.7. The lowest BCUT2D eigenvalue weighted by Crippen LogP contribution is -2.20. The lowest BCUT2D eigenvalue weighted by Gasteiger charge is -2.20. The second kappa shape index (κ2) is 9.60. The molecule has 1 atom stereocenters.